The highest BCUT2D eigenvalue weighted by molar-refractivity contribution is 6.89. The summed E-state index contributed by atoms with van der Waals surface area (Å²) in [6, 6.07) is 8.80. The molecular weight excluding hydrogens is 393 g/mol. The molecule has 8 heteroatoms. The lowest BCUT2D eigenvalue weighted by Gasteiger charge is -2.21. The predicted octanol–water partition coefficient (Wildman–Crippen LogP) is 5.54. The van der Waals surface area contributed by atoms with Gasteiger partial charge in [0.15, 0.2) is 23.3 Å². The Morgan fingerprint density at radius 2 is 1.39 bits per heavy atom. The van der Waals surface area contributed by atoms with Crippen molar-refractivity contribution in [1.82, 2.24) is 0 Å². The topological polar surface area (TPSA) is 32.6 Å². The molecule has 0 spiro atoms. The number of rotatable bonds is 3. The lowest BCUT2D eigenvalue weighted by atomic mass is 10.0. The third-order valence-corrected chi connectivity index (χ3v) is 6.38. The second-order valence-electron chi connectivity index (χ2n) is 7.33. The van der Waals surface area contributed by atoms with Crippen LogP contribution in [0.25, 0.3) is 10.8 Å². The van der Waals surface area contributed by atoms with Gasteiger partial charge in [0.1, 0.15) is 11.4 Å². The van der Waals surface area contributed by atoms with E-state index < -0.39 is 42.8 Å². The Labute approximate surface area is 159 Å². The molecule has 0 saturated heterocycles. The Morgan fingerprint density at radius 3 is 1.96 bits per heavy atom. The quantitative estimate of drug-likeness (QED) is 0.199. The van der Waals surface area contributed by atoms with E-state index in [1.54, 1.807) is 24.3 Å². The summed E-state index contributed by atoms with van der Waals surface area (Å²) in [4.78, 5) is 3.51. The van der Waals surface area contributed by atoms with Gasteiger partial charge in [0, 0.05) is 11.8 Å². The molecule has 28 heavy (non-hydrogen) atoms. The Balaban J connectivity index is 2.28. The second-order valence-corrected chi connectivity index (χ2v) is 12.4. The number of nitrogens with zero attached hydrogens (tertiary/aromatic N) is 1. The van der Waals surface area contributed by atoms with Gasteiger partial charge < -0.3 is 5.11 Å². The first-order valence-corrected chi connectivity index (χ1v) is 11.8. The number of phenols is 1. The standard InChI is InChI=1S/C20H16F5NOSi/c1-28(2,3)13-8-10-6-4-5-7-11(10)12(20(13)27)9-26-19-17(24)15(22)14(21)16(23)18(19)25/h4-9,27H,1-3H3. The lowest BCUT2D eigenvalue weighted by molar-refractivity contribution is 0.381. The van der Waals surface area contributed by atoms with Crippen LogP contribution in [0.15, 0.2) is 35.3 Å². The van der Waals surface area contributed by atoms with Gasteiger partial charge in [0.2, 0.25) is 5.82 Å². The number of aromatic hydroxyl groups is 1. The first-order valence-electron chi connectivity index (χ1n) is 8.34. The van der Waals surface area contributed by atoms with Crippen LogP contribution in [0.2, 0.25) is 19.6 Å². The molecule has 0 aliphatic heterocycles. The van der Waals surface area contributed by atoms with E-state index in [1.807, 2.05) is 25.7 Å². The molecule has 3 aromatic carbocycles. The molecule has 3 rings (SSSR count). The van der Waals surface area contributed by atoms with Crippen LogP contribution in [0, 0.1) is 29.1 Å². The minimum absolute atomic E-state index is 0.120. The van der Waals surface area contributed by atoms with E-state index in [0.29, 0.717) is 10.6 Å². The van der Waals surface area contributed by atoms with Crippen LogP contribution in [-0.4, -0.2) is 19.4 Å². The molecule has 2 nitrogen and oxygen atoms in total. The van der Waals surface area contributed by atoms with Gasteiger partial charge in [-0.15, -0.1) is 0 Å². The Morgan fingerprint density at radius 1 is 0.857 bits per heavy atom. The van der Waals surface area contributed by atoms with Gasteiger partial charge in [-0.2, -0.15) is 0 Å². The maximum absolute atomic E-state index is 13.9. The fourth-order valence-corrected chi connectivity index (χ4v) is 4.34. The highest BCUT2D eigenvalue weighted by Crippen LogP contribution is 2.31. The molecule has 3 aromatic rings. The molecular formula is C20H16F5NOSi. The Kier molecular flexibility index (Phi) is 5.01. The van der Waals surface area contributed by atoms with E-state index >= 15 is 0 Å². The molecule has 0 aliphatic carbocycles. The SMILES string of the molecule is C[Si](C)(C)c1cc2ccccc2c(C=Nc2c(F)c(F)c(F)c(F)c2F)c1O. The van der Waals surface area contributed by atoms with Crippen molar-refractivity contribution in [3.05, 3.63) is 65.0 Å². The summed E-state index contributed by atoms with van der Waals surface area (Å²) >= 11 is 0. The van der Waals surface area contributed by atoms with E-state index in [4.69, 9.17) is 0 Å². The molecule has 0 heterocycles. The minimum atomic E-state index is -2.25. The normalized spacial score (nSPS) is 12.3. The zero-order valence-electron chi connectivity index (χ0n) is 15.2. The number of halogens is 5. The minimum Gasteiger partial charge on any atom is -0.507 e. The maximum Gasteiger partial charge on any atom is 0.200 e. The lowest BCUT2D eigenvalue weighted by Crippen LogP contribution is -2.38. The fourth-order valence-electron chi connectivity index (χ4n) is 2.90. The highest BCUT2D eigenvalue weighted by Gasteiger charge is 2.26. The van der Waals surface area contributed by atoms with E-state index in [9.17, 15) is 27.1 Å². The number of hydrogen-bond acceptors (Lipinski definition) is 2. The molecule has 146 valence electrons. The van der Waals surface area contributed by atoms with Crippen LogP contribution in [0.3, 0.4) is 0 Å². The van der Waals surface area contributed by atoms with Crippen molar-refractivity contribution in [2.45, 2.75) is 19.6 Å². The second kappa shape index (κ2) is 7.01. The molecule has 0 saturated carbocycles. The van der Waals surface area contributed by atoms with Gasteiger partial charge in [-0.3, -0.25) is 0 Å². The molecule has 0 atom stereocenters. The molecule has 0 aliphatic rings. The summed E-state index contributed by atoms with van der Waals surface area (Å²) in [5.41, 5.74) is -1.15. The number of phenolic OH excluding ortho intramolecular Hbond substituents is 1. The van der Waals surface area contributed by atoms with E-state index in [0.717, 1.165) is 11.6 Å². The number of hydrogen-bond donors (Lipinski definition) is 1. The zero-order chi connectivity index (χ0) is 20.8. The first kappa shape index (κ1) is 20.0. The summed E-state index contributed by atoms with van der Waals surface area (Å²) in [5, 5.41) is 12.7. The predicted molar refractivity (Wildman–Crippen MR) is 102 cm³/mol. The summed E-state index contributed by atoms with van der Waals surface area (Å²) in [5.74, 6) is -10.6. The van der Waals surface area contributed by atoms with Crippen LogP contribution < -0.4 is 5.19 Å². The molecule has 1 N–H and O–H groups in total. The Bertz CT molecular complexity index is 1090. The van der Waals surface area contributed by atoms with Gasteiger partial charge in [0.25, 0.3) is 0 Å². The number of benzene rings is 3. The van der Waals surface area contributed by atoms with Crippen molar-refractivity contribution in [2.24, 2.45) is 4.99 Å². The van der Waals surface area contributed by atoms with Gasteiger partial charge >= 0.3 is 0 Å². The summed E-state index contributed by atoms with van der Waals surface area (Å²) in [7, 11) is -2.01. The average Bonchev–Trinajstić information content (AvgIpc) is 2.65. The van der Waals surface area contributed by atoms with Crippen LogP contribution in [0.4, 0.5) is 27.6 Å². The van der Waals surface area contributed by atoms with E-state index in [1.165, 1.54) is 0 Å². The van der Waals surface area contributed by atoms with Crippen molar-refractivity contribution in [3.8, 4) is 5.75 Å². The average molecular weight is 409 g/mol. The maximum atomic E-state index is 13.9. The molecule has 0 fully saturated rings. The van der Waals surface area contributed by atoms with Crippen molar-refractivity contribution in [2.75, 3.05) is 0 Å². The smallest absolute Gasteiger partial charge is 0.200 e. The van der Waals surface area contributed by atoms with Crippen LogP contribution >= 0.6 is 0 Å². The monoisotopic (exact) mass is 409 g/mol. The highest BCUT2D eigenvalue weighted by atomic mass is 28.3. The molecule has 0 radical (unpaired) electrons. The first-order chi connectivity index (χ1) is 13.0. The van der Waals surface area contributed by atoms with Crippen molar-refractivity contribution < 1.29 is 27.1 Å². The fraction of sp³-hybridized carbons (Fsp3) is 0.150. The zero-order valence-corrected chi connectivity index (χ0v) is 16.2. The van der Waals surface area contributed by atoms with Crippen LogP contribution in [0.5, 0.6) is 5.75 Å². The van der Waals surface area contributed by atoms with E-state index in [-0.39, 0.29) is 11.3 Å². The number of aliphatic imine (C=N–C) groups is 1. The molecule has 0 amide bonds. The molecule has 0 aromatic heterocycles. The van der Waals surface area contributed by atoms with Crippen molar-refractivity contribution in [1.29, 1.82) is 0 Å². The van der Waals surface area contributed by atoms with Gasteiger partial charge in [-0.05, 0) is 16.0 Å². The van der Waals surface area contributed by atoms with Gasteiger partial charge in [0.05, 0.1) is 8.07 Å². The third-order valence-electron chi connectivity index (χ3n) is 4.38. The van der Waals surface area contributed by atoms with Crippen molar-refractivity contribution in [3.63, 3.8) is 0 Å². The van der Waals surface area contributed by atoms with E-state index in [2.05, 4.69) is 4.99 Å². The summed E-state index contributed by atoms with van der Waals surface area (Å²) in [6.07, 6.45) is 0.930. The van der Waals surface area contributed by atoms with Gasteiger partial charge in [-0.1, -0.05) is 50.0 Å². The molecule has 0 unspecified atom stereocenters. The van der Waals surface area contributed by atoms with Gasteiger partial charge in [-0.25, -0.2) is 26.9 Å². The third kappa shape index (κ3) is 3.28. The largest absolute Gasteiger partial charge is 0.507 e. The summed E-state index contributed by atoms with van der Waals surface area (Å²) < 4.78 is 67.8. The number of fused-ring (bicyclic) bond motifs is 1. The Hall–Kier alpha value is -2.74. The van der Waals surface area contributed by atoms with Crippen molar-refractivity contribution >= 4 is 35.9 Å². The van der Waals surface area contributed by atoms with Crippen LogP contribution in [-0.2, 0) is 0 Å². The van der Waals surface area contributed by atoms with Crippen LogP contribution in [0.1, 0.15) is 5.56 Å². The summed E-state index contributed by atoms with van der Waals surface area (Å²) in [6.45, 7) is 6.01. The molecule has 0 bridgehead atoms.